The van der Waals surface area contributed by atoms with Gasteiger partial charge in [-0.1, -0.05) is 6.07 Å². The maximum absolute atomic E-state index is 12.1. The summed E-state index contributed by atoms with van der Waals surface area (Å²) in [7, 11) is -3.36. The fraction of sp³-hybridized carbons (Fsp3) is 0.500. The topological polar surface area (TPSA) is 87.3 Å². The predicted octanol–water partition coefficient (Wildman–Crippen LogP) is 1.27. The molecule has 1 heterocycles. The molecular weight excluding hydrogens is 326 g/mol. The van der Waals surface area contributed by atoms with Gasteiger partial charge in [-0.05, 0) is 44.0 Å². The van der Waals surface area contributed by atoms with Gasteiger partial charge in [-0.2, -0.15) is 0 Å². The average molecular weight is 348 g/mol. The van der Waals surface area contributed by atoms with E-state index < -0.39 is 10.0 Å². The number of anilines is 1. The fourth-order valence-corrected chi connectivity index (χ4v) is 2.94. The fourth-order valence-electron chi connectivity index (χ4n) is 2.32. The lowest BCUT2D eigenvalue weighted by Gasteiger charge is -2.13. The Labute approximate surface area is 137 Å². The van der Waals surface area contributed by atoms with Gasteiger partial charge in [0.1, 0.15) is 0 Å². The molecular formula is C14H22ClN3O3S. The number of hydrogen-bond acceptors (Lipinski definition) is 4. The highest BCUT2D eigenvalue weighted by molar-refractivity contribution is 7.92. The molecule has 0 bridgehead atoms. The second-order valence-corrected chi connectivity index (χ2v) is 7.16. The molecule has 0 radical (unpaired) electrons. The minimum Gasteiger partial charge on any atom is -0.350 e. The van der Waals surface area contributed by atoms with E-state index in [4.69, 9.17) is 0 Å². The van der Waals surface area contributed by atoms with Crippen molar-refractivity contribution in [1.82, 2.24) is 10.6 Å². The molecule has 0 aromatic heterocycles. The zero-order valence-corrected chi connectivity index (χ0v) is 14.3. The van der Waals surface area contributed by atoms with Crippen LogP contribution < -0.4 is 15.4 Å². The number of carbonyl (C=O) groups is 1. The number of rotatable bonds is 5. The van der Waals surface area contributed by atoms with Crippen LogP contribution in [0.15, 0.2) is 18.2 Å². The Balaban J connectivity index is 0.00000242. The summed E-state index contributed by atoms with van der Waals surface area (Å²) in [5, 5.41) is 6.18. The zero-order valence-electron chi connectivity index (χ0n) is 12.7. The van der Waals surface area contributed by atoms with Crippen molar-refractivity contribution in [2.75, 3.05) is 24.1 Å². The van der Waals surface area contributed by atoms with Crippen LogP contribution in [0, 0.1) is 6.92 Å². The van der Waals surface area contributed by atoms with Crippen LogP contribution in [0.2, 0.25) is 0 Å². The van der Waals surface area contributed by atoms with Crippen LogP contribution in [0.5, 0.6) is 0 Å². The number of nitrogens with one attached hydrogen (secondary N) is 3. The van der Waals surface area contributed by atoms with Crippen molar-refractivity contribution in [1.29, 1.82) is 0 Å². The van der Waals surface area contributed by atoms with E-state index in [-0.39, 0.29) is 18.3 Å². The van der Waals surface area contributed by atoms with E-state index >= 15 is 0 Å². The number of benzene rings is 1. The molecule has 1 atom stereocenters. The summed E-state index contributed by atoms with van der Waals surface area (Å²) < 4.78 is 25.0. The molecule has 8 heteroatoms. The van der Waals surface area contributed by atoms with Crippen LogP contribution in [0.4, 0.5) is 5.69 Å². The Bertz CT molecular complexity index is 628. The lowest BCUT2D eigenvalue weighted by molar-refractivity contribution is 0.0950. The first-order valence-corrected chi connectivity index (χ1v) is 8.84. The number of amides is 1. The lowest BCUT2D eigenvalue weighted by Crippen LogP contribution is -2.37. The van der Waals surface area contributed by atoms with E-state index in [9.17, 15) is 13.2 Å². The molecule has 22 heavy (non-hydrogen) atoms. The highest BCUT2D eigenvalue weighted by Crippen LogP contribution is 2.18. The second kappa shape index (κ2) is 7.80. The van der Waals surface area contributed by atoms with Gasteiger partial charge in [-0.25, -0.2) is 8.42 Å². The first-order valence-electron chi connectivity index (χ1n) is 6.95. The number of aryl methyl sites for hydroxylation is 1. The zero-order chi connectivity index (χ0) is 15.5. The molecule has 1 aromatic carbocycles. The van der Waals surface area contributed by atoms with Crippen molar-refractivity contribution >= 4 is 34.0 Å². The molecule has 124 valence electrons. The van der Waals surface area contributed by atoms with Crippen molar-refractivity contribution in [3.05, 3.63) is 29.3 Å². The van der Waals surface area contributed by atoms with Crippen molar-refractivity contribution < 1.29 is 13.2 Å². The van der Waals surface area contributed by atoms with E-state index in [0.717, 1.165) is 31.2 Å². The van der Waals surface area contributed by atoms with E-state index in [0.29, 0.717) is 23.8 Å². The third kappa shape index (κ3) is 5.47. The minimum atomic E-state index is -3.36. The molecule has 1 fully saturated rings. The van der Waals surface area contributed by atoms with Gasteiger partial charge in [0, 0.05) is 18.2 Å². The van der Waals surface area contributed by atoms with E-state index in [1.807, 2.05) is 0 Å². The largest absolute Gasteiger partial charge is 0.350 e. The van der Waals surface area contributed by atoms with Crippen LogP contribution in [0.25, 0.3) is 0 Å². The third-order valence-electron chi connectivity index (χ3n) is 3.47. The smallest absolute Gasteiger partial charge is 0.251 e. The van der Waals surface area contributed by atoms with Crippen molar-refractivity contribution in [3.63, 3.8) is 0 Å². The number of halogens is 1. The van der Waals surface area contributed by atoms with Gasteiger partial charge in [-0.15, -0.1) is 12.4 Å². The van der Waals surface area contributed by atoms with E-state index in [1.54, 1.807) is 25.1 Å². The van der Waals surface area contributed by atoms with Crippen molar-refractivity contribution in [3.8, 4) is 0 Å². The SMILES string of the molecule is Cc1ccc(C(=O)NCC2CCCN2)cc1NS(C)(=O)=O.Cl. The molecule has 0 aliphatic carbocycles. The summed E-state index contributed by atoms with van der Waals surface area (Å²) in [6.07, 6.45) is 3.29. The van der Waals surface area contributed by atoms with Crippen LogP contribution >= 0.6 is 12.4 Å². The summed E-state index contributed by atoms with van der Waals surface area (Å²) >= 11 is 0. The molecule has 1 aliphatic heterocycles. The lowest BCUT2D eigenvalue weighted by atomic mass is 10.1. The maximum atomic E-state index is 12.1. The summed E-state index contributed by atoms with van der Waals surface area (Å²) in [6.45, 7) is 3.37. The summed E-state index contributed by atoms with van der Waals surface area (Å²) in [5.74, 6) is -0.194. The second-order valence-electron chi connectivity index (χ2n) is 5.41. The molecule has 1 unspecified atom stereocenters. The molecule has 0 saturated carbocycles. The van der Waals surface area contributed by atoms with E-state index in [1.165, 1.54) is 0 Å². The van der Waals surface area contributed by atoms with Crippen molar-refractivity contribution in [2.45, 2.75) is 25.8 Å². The number of carbonyl (C=O) groups excluding carboxylic acids is 1. The molecule has 0 spiro atoms. The Kier molecular flexibility index (Phi) is 6.65. The van der Waals surface area contributed by atoms with E-state index in [2.05, 4.69) is 15.4 Å². The standard InChI is InChI=1S/C14H21N3O3S.ClH/c1-10-5-6-11(8-13(10)17-21(2,19)20)14(18)16-9-12-4-3-7-15-12;/h5-6,8,12,15,17H,3-4,7,9H2,1-2H3,(H,16,18);1H. The quantitative estimate of drug-likeness (QED) is 0.748. The van der Waals surface area contributed by atoms with Crippen molar-refractivity contribution in [2.24, 2.45) is 0 Å². The average Bonchev–Trinajstić information content (AvgIpc) is 2.90. The predicted molar refractivity (Wildman–Crippen MR) is 90.3 cm³/mol. The Hall–Kier alpha value is -1.31. The summed E-state index contributed by atoms with van der Waals surface area (Å²) in [6, 6.07) is 5.32. The molecule has 1 saturated heterocycles. The van der Waals surface area contributed by atoms with Crippen LogP contribution in [0.1, 0.15) is 28.8 Å². The highest BCUT2D eigenvalue weighted by Gasteiger charge is 2.16. The third-order valence-corrected chi connectivity index (χ3v) is 4.06. The van der Waals surface area contributed by atoms with Crippen LogP contribution in [0.3, 0.4) is 0 Å². The summed E-state index contributed by atoms with van der Waals surface area (Å²) in [5.41, 5.74) is 1.66. The highest BCUT2D eigenvalue weighted by atomic mass is 35.5. The Morgan fingerprint density at radius 3 is 2.73 bits per heavy atom. The minimum absolute atomic E-state index is 0. The first kappa shape index (κ1) is 18.7. The normalized spacial score (nSPS) is 17.6. The molecule has 1 aromatic rings. The van der Waals surface area contributed by atoms with Crippen LogP contribution in [-0.4, -0.2) is 39.7 Å². The van der Waals surface area contributed by atoms with Gasteiger partial charge in [0.15, 0.2) is 0 Å². The van der Waals surface area contributed by atoms with Gasteiger partial charge in [0.2, 0.25) is 10.0 Å². The van der Waals surface area contributed by atoms with Crippen LogP contribution in [-0.2, 0) is 10.0 Å². The molecule has 1 amide bonds. The summed E-state index contributed by atoms with van der Waals surface area (Å²) in [4.78, 5) is 12.1. The van der Waals surface area contributed by atoms with Gasteiger partial charge in [0.05, 0.1) is 11.9 Å². The molecule has 3 N–H and O–H groups in total. The molecule has 2 rings (SSSR count). The number of hydrogen-bond donors (Lipinski definition) is 3. The maximum Gasteiger partial charge on any atom is 0.251 e. The first-order chi connectivity index (χ1) is 9.85. The van der Waals surface area contributed by atoms with Gasteiger partial charge >= 0.3 is 0 Å². The number of sulfonamides is 1. The van der Waals surface area contributed by atoms with Gasteiger partial charge in [-0.3, -0.25) is 9.52 Å². The van der Waals surface area contributed by atoms with Gasteiger partial charge < -0.3 is 10.6 Å². The molecule has 1 aliphatic rings. The van der Waals surface area contributed by atoms with Gasteiger partial charge in [0.25, 0.3) is 5.91 Å². The monoisotopic (exact) mass is 347 g/mol. The molecule has 6 nitrogen and oxygen atoms in total. The Morgan fingerprint density at radius 1 is 1.41 bits per heavy atom. The Morgan fingerprint density at radius 2 is 2.14 bits per heavy atom.